The minimum absolute atomic E-state index is 0.0245. The summed E-state index contributed by atoms with van der Waals surface area (Å²) in [6.45, 7) is 1.35. The molecule has 0 radical (unpaired) electrons. The third-order valence-corrected chi connectivity index (χ3v) is 11.9. The van der Waals surface area contributed by atoms with Gasteiger partial charge in [-0.15, -0.1) is 0 Å². The molecule has 6 rings (SSSR count). The molecule has 1 spiro atoms. The molecule has 2 fully saturated rings. The Morgan fingerprint density at radius 3 is 2.44 bits per heavy atom. The molecule has 2 unspecified atom stereocenters. The molecule has 1 aliphatic carbocycles. The molecule has 3 aromatic carbocycles. The van der Waals surface area contributed by atoms with E-state index in [0.717, 1.165) is 62.0 Å². The Morgan fingerprint density at radius 1 is 1.07 bits per heavy atom. The van der Waals surface area contributed by atoms with Crippen molar-refractivity contribution >= 4 is 33.2 Å². The normalized spacial score (nSPS) is 23.3. The van der Waals surface area contributed by atoms with Crippen molar-refractivity contribution in [2.45, 2.75) is 48.6 Å². The molecule has 0 aromatic heterocycles. The van der Waals surface area contributed by atoms with E-state index in [-0.39, 0.29) is 42.5 Å². The van der Waals surface area contributed by atoms with Crippen LogP contribution in [0.3, 0.4) is 0 Å². The van der Waals surface area contributed by atoms with Gasteiger partial charge in [0, 0.05) is 34.7 Å². The van der Waals surface area contributed by atoms with Gasteiger partial charge in [0.05, 0.1) is 12.0 Å². The van der Waals surface area contributed by atoms with Crippen LogP contribution in [0.15, 0.2) is 71.6 Å². The van der Waals surface area contributed by atoms with Gasteiger partial charge in [-0.3, -0.25) is 4.79 Å². The first kappa shape index (κ1) is 28.3. The van der Waals surface area contributed by atoms with E-state index in [1.165, 1.54) is 12.1 Å². The third-order valence-electron chi connectivity index (χ3n) is 9.15. The number of hydrogen-bond donors (Lipinski definition) is 3. The van der Waals surface area contributed by atoms with Crippen molar-refractivity contribution in [1.29, 1.82) is 0 Å². The average Bonchev–Trinajstić information content (AvgIpc) is 3.78. The summed E-state index contributed by atoms with van der Waals surface area (Å²) < 4.78 is 42.9. The van der Waals surface area contributed by atoms with Gasteiger partial charge >= 0.3 is 10.0 Å². The van der Waals surface area contributed by atoms with Crippen LogP contribution in [-0.4, -0.2) is 51.7 Å². The van der Waals surface area contributed by atoms with Crippen molar-refractivity contribution in [3.63, 3.8) is 0 Å². The van der Waals surface area contributed by atoms with Gasteiger partial charge in [0.2, 0.25) is 0 Å². The van der Waals surface area contributed by atoms with E-state index < -0.39 is 25.1 Å². The molecule has 1 amide bonds. The van der Waals surface area contributed by atoms with Crippen molar-refractivity contribution in [2.75, 3.05) is 26.2 Å². The Hall–Kier alpha value is -2.82. The van der Waals surface area contributed by atoms with Crippen LogP contribution in [0.1, 0.15) is 47.2 Å². The summed E-state index contributed by atoms with van der Waals surface area (Å²) in [5.74, 6) is -0.631. The number of piperidine rings is 1. The van der Waals surface area contributed by atoms with Gasteiger partial charge in [-0.1, -0.05) is 29.8 Å². The number of carbonyl (C=O) groups is 1. The van der Waals surface area contributed by atoms with Gasteiger partial charge in [0.15, 0.2) is 5.69 Å². The molecule has 3 aromatic rings. The SMILES string of the molecule is O=C(NCc1ccccc1Cl)c1ccc2c(c1)C1(CCNCC1)C(C1CC1)[N+]2(CCO)S(=O)(=O)c1ccc(F)cc1. The van der Waals surface area contributed by atoms with E-state index >= 15 is 0 Å². The topological polar surface area (TPSA) is 95.5 Å². The van der Waals surface area contributed by atoms with E-state index in [9.17, 15) is 22.7 Å². The molecule has 2 heterocycles. The van der Waals surface area contributed by atoms with Crippen molar-refractivity contribution < 1.29 is 22.7 Å². The van der Waals surface area contributed by atoms with Crippen LogP contribution in [0.5, 0.6) is 0 Å². The maximum absolute atomic E-state index is 14.7. The lowest BCUT2D eigenvalue weighted by molar-refractivity contribution is 0.0950. The van der Waals surface area contributed by atoms with E-state index in [0.29, 0.717) is 16.3 Å². The summed E-state index contributed by atoms with van der Waals surface area (Å²) >= 11 is 6.28. The number of aliphatic hydroxyl groups is 1. The molecule has 3 N–H and O–H groups in total. The van der Waals surface area contributed by atoms with E-state index in [1.54, 1.807) is 18.2 Å². The summed E-state index contributed by atoms with van der Waals surface area (Å²) in [7, 11) is -4.13. The van der Waals surface area contributed by atoms with E-state index in [2.05, 4.69) is 10.6 Å². The molecule has 1 saturated carbocycles. The third kappa shape index (κ3) is 4.58. The zero-order valence-electron chi connectivity index (χ0n) is 22.7. The highest BCUT2D eigenvalue weighted by molar-refractivity contribution is 7.91. The quantitative estimate of drug-likeness (QED) is 0.332. The molecular weight excluding hydrogens is 565 g/mol. The number of fused-ring (bicyclic) bond motifs is 2. The molecule has 1 saturated heterocycles. The van der Waals surface area contributed by atoms with Gasteiger partial charge in [-0.25, -0.2) is 4.39 Å². The summed E-state index contributed by atoms with van der Waals surface area (Å²) in [5, 5.41) is 17.3. The molecule has 3 aliphatic rings. The van der Waals surface area contributed by atoms with Crippen LogP contribution in [0.25, 0.3) is 0 Å². The predicted molar refractivity (Wildman–Crippen MR) is 157 cm³/mol. The Balaban J connectivity index is 1.49. The van der Waals surface area contributed by atoms with Crippen LogP contribution < -0.4 is 14.5 Å². The van der Waals surface area contributed by atoms with E-state index in [4.69, 9.17) is 11.6 Å². The summed E-state index contributed by atoms with van der Waals surface area (Å²) in [5.41, 5.74) is 2.22. The van der Waals surface area contributed by atoms with E-state index in [1.807, 2.05) is 24.3 Å². The molecule has 216 valence electrons. The average molecular weight is 599 g/mol. The van der Waals surface area contributed by atoms with Crippen LogP contribution in [0.4, 0.5) is 10.1 Å². The largest absolute Gasteiger partial charge is 0.390 e. The van der Waals surface area contributed by atoms with Gasteiger partial charge in [0.1, 0.15) is 23.3 Å². The van der Waals surface area contributed by atoms with Gasteiger partial charge in [-0.2, -0.15) is 12.3 Å². The summed E-state index contributed by atoms with van der Waals surface area (Å²) in [6, 6.07) is 17.3. The molecule has 10 heteroatoms. The van der Waals surface area contributed by atoms with Crippen molar-refractivity contribution in [1.82, 2.24) is 14.5 Å². The van der Waals surface area contributed by atoms with Crippen molar-refractivity contribution in [3.05, 3.63) is 94.3 Å². The Bertz CT molecular complexity index is 1570. The van der Waals surface area contributed by atoms with Gasteiger partial charge in [-0.05, 0) is 86.8 Å². The number of sulfonamides is 1. The van der Waals surface area contributed by atoms with Crippen LogP contribution in [0, 0.1) is 11.7 Å². The molecule has 2 aliphatic heterocycles. The highest BCUT2D eigenvalue weighted by atomic mass is 35.5. The Labute approximate surface area is 245 Å². The van der Waals surface area contributed by atoms with Crippen molar-refractivity contribution in [3.8, 4) is 0 Å². The molecule has 0 bridgehead atoms. The Kier molecular flexibility index (Phi) is 7.45. The van der Waals surface area contributed by atoms with Crippen LogP contribution >= 0.6 is 11.6 Å². The Morgan fingerprint density at radius 2 is 1.78 bits per heavy atom. The number of quaternary nitrogens is 1. The number of nitrogens with one attached hydrogen (secondary N) is 2. The van der Waals surface area contributed by atoms with Crippen molar-refractivity contribution in [2.24, 2.45) is 5.92 Å². The predicted octanol–water partition coefficient (Wildman–Crippen LogP) is 4.51. The second kappa shape index (κ2) is 10.8. The first-order chi connectivity index (χ1) is 19.7. The maximum atomic E-state index is 14.7. The number of nitrogens with zero attached hydrogens (tertiary/aromatic N) is 1. The number of amides is 1. The molecular formula is C31H34ClFN3O4S+. The first-order valence-electron chi connectivity index (χ1n) is 14.1. The number of carbonyl (C=O) groups excluding carboxylic acids is 1. The lowest BCUT2D eigenvalue weighted by Gasteiger charge is -2.45. The second-order valence-corrected chi connectivity index (χ2v) is 13.8. The fourth-order valence-corrected chi connectivity index (χ4v) is 9.75. The second-order valence-electron chi connectivity index (χ2n) is 11.4. The monoisotopic (exact) mass is 598 g/mol. The van der Waals surface area contributed by atoms with Gasteiger partial charge < -0.3 is 15.7 Å². The fraction of sp³-hybridized carbons (Fsp3) is 0.387. The zero-order valence-corrected chi connectivity index (χ0v) is 24.2. The summed E-state index contributed by atoms with van der Waals surface area (Å²) in [6.07, 6.45) is 3.25. The molecule has 2 atom stereocenters. The number of halogens is 2. The van der Waals surface area contributed by atoms with Gasteiger partial charge in [0.25, 0.3) is 5.91 Å². The lowest BCUT2D eigenvalue weighted by atomic mass is 9.68. The van der Waals surface area contributed by atoms with Crippen LogP contribution in [0.2, 0.25) is 5.02 Å². The minimum atomic E-state index is -4.13. The minimum Gasteiger partial charge on any atom is -0.390 e. The number of benzene rings is 3. The standard InChI is InChI=1S/C31H33ClFN3O4S/c32-27-4-2-1-3-23(27)20-35-30(38)22-7-12-28-26(19-22)31(13-15-34-16-14-31)29(21-5-6-21)36(28,17-18-37)41(39,40)25-10-8-24(33)9-11-25/h1-4,7-12,19,21,29,34,37H,5-6,13-18,20H2/p+1. The highest BCUT2D eigenvalue weighted by Gasteiger charge is 2.70. The first-order valence-corrected chi connectivity index (χ1v) is 15.9. The fourth-order valence-electron chi connectivity index (χ4n) is 7.28. The maximum Gasteiger partial charge on any atom is 0.332 e. The molecule has 7 nitrogen and oxygen atoms in total. The number of hydrogen-bond acceptors (Lipinski definition) is 5. The molecule has 41 heavy (non-hydrogen) atoms. The highest BCUT2D eigenvalue weighted by Crippen LogP contribution is 2.62. The summed E-state index contributed by atoms with van der Waals surface area (Å²) in [4.78, 5) is 13.4. The number of aliphatic hydroxyl groups excluding tert-OH is 1. The zero-order chi connectivity index (χ0) is 28.8. The number of rotatable bonds is 8. The van der Waals surface area contributed by atoms with Crippen LogP contribution in [-0.2, 0) is 22.0 Å². The smallest absolute Gasteiger partial charge is 0.332 e. The lowest BCUT2D eigenvalue weighted by Crippen LogP contribution is -2.65.